The van der Waals surface area contributed by atoms with Crippen molar-refractivity contribution in [2.75, 3.05) is 4.90 Å². The van der Waals surface area contributed by atoms with Gasteiger partial charge in [0.2, 0.25) is 5.95 Å². The number of imidazole rings is 1. The first-order valence-electron chi connectivity index (χ1n) is 11.2. The number of Topliss-reactive ketones (excluding diaryl/α,β-unsaturated/α-hetero) is 1. The van der Waals surface area contributed by atoms with Crippen LogP contribution in [0.1, 0.15) is 49.3 Å². The van der Waals surface area contributed by atoms with E-state index in [-0.39, 0.29) is 28.5 Å². The van der Waals surface area contributed by atoms with E-state index in [0.717, 1.165) is 16.0 Å². The molecule has 0 radical (unpaired) electrons. The van der Waals surface area contributed by atoms with Crippen molar-refractivity contribution in [1.82, 2.24) is 9.97 Å². The van der Waals surface area contributed by atoms with E-state index in [1.165, 1.54) is 24.5 Å². The molecule has 4 aromatic rings. The second kappa shape index (κ2) is 7.94. The monoisotopic (exact) mass is 473 g/mol. The highest BCUT2D eigenvalue weighted by Gasteiger charge is 2.49. The Hall–Kier alpha value is -4.20. The van der Waals surface area contributed by atoms with Crippen molar-refractivity contribution in [3.63, 3.8) is 0 Å². The third-order valence-corrected chi connectivity index (χ3v) is 6.28. The van der Waals surface area contributed by atoms with Gasteiger partial charge < -0.3 is 14.5 Å². The molecule has 2 N–H and O–H groups in total. The largest absolute Gasteiger partial charge is 0.507 e. The molecule has 7 nitrogen and oxygen atoms in total. The molecular weight excluding hydrogens is 449 g/mol. The summed E-state index contributed by atoms with van der Waals surface area (Å²) in [6.45, 7) is 7.97. The Morgan fingerprint density at radius 2 is 1.91 bits per heavy atom. The predicted octanol–water partition coefficient (Wildman–Crippen LogP) is 5.53. The number of amides is 1. The molecule has 1 unspecified atom stereocenters. The number of aliphatic hydroxyl groups excluding tert-OH is 1. The lowest BCUT2D eigenvalue weighted by molar-refractivity contribution is -0.132. The number of aromatic nitrogens is 2. The van der Waals surface area contributed by atoms with Crippen LogP contribution in [0, 0.1) is 12.7 Å². The molecule has 0 saturated carbocycles. The van der Waals surface area contributed by atoms with Gasteiger partial charge in [0.15, 0.2) is 0 Å². The first-order valence-corrected chi connectivity index (χ1v) is 11.2. The summed E-state index contributed by atoms with van der Waals surface area (Å²) in [4.78, 5) is 35.0. The Morgan fingerprint density at radius 1 is 1.14 bits per heavy atom. The molecule has 178 valence electrons. The van der Waals surface area contributed by atoms with Gasteiger partial charge in [0.25, 0.3) is 5.78 Å². The van der Waals surface area contributed by atoms with Crippen LogP contribution in [0.25, 0.3) is 16.8 Å². The molecule has 3 heterocycles. The number of nitrogens with zero attached hydrogens (tertiary/aromatic N) is 2. The van der Waals surface area contributed by atoms with Crippen LogP contribution in [0.2, 0.25) is 0 Å². The van der Waals surface area contributed by atoms with E-state index in [2.05, 4.69) is 9.97 Å². The first-order chi connectivity index (χ1) is 16.6. The fourth-order valence-electron chi connectivity index (χ4n) is 4.34. The Balaban J connectivity index is 1.72. The number of anilines is 1. The second-order valence-corrected chi connectivity index (χ2v) is 9.69. The van der Waals surface area contributed by atoms with E-state index in [1.54, 1.807) is 12.1 Å². The van der Waals surface area contributed by atoms with Gasteiger partial charge >= 0.3 is 5.91 Å². The first kappa shape index (κ1) is 22.6. The van der Waals surface area contributed by atoms with Crippen molar-refractivity contribution >= 4 is 34.4 Å². The summed E-state index contributed by atoms with van der Waals surface area (Å²) in [5, 5.41) is 11.4. The number of benzene rings is 2. The van der Waals surface area contributed by atoms with Crippen LogP contribution in [0.15, 0.2) is 64.8 Å². The third-order valence-electron chi connectivity index (χ3n) is 6.28. The van der Waals surface area contributed by atoms with E-state index >= 15 is 0 Å². The number of aliphatic hydroxyl groups is 1. The van der Waals surface area contributed by atoms with E-state index < -0.39 is 23.5 Å². The molecule has 1 saturated heterocycles. The number of fused-ring (bicyclic) bond motifs is 1. The molecule has 0 aliphatic carbocycles. The molecular formula is C27H24FN3O4. The number of carbonyl (C=O) groups excluding carboxylic acids is 2. The third kappa shape index (κ3) is 3.71. The fourth-order valence-corrected chi connectivity index (χ4v) is 4.34. The predicted molar refractivity (Wildman–Crippen MR) is 129 cm³/mol. The van der Waals surface area contributed by atoms with Gasteiger partial charge in [-0.15, -0.1) is 0 Å². The lowest BCUT2D eigenvalue weighted by atomic mass is 9.84. The molecule has 1 aliphatic rings. The van der Waals surface area contributed by atoms with Crippen LogP contribution in [-0.4, -0.2) is 26.8 Å². The number of aromatic amines is 1. The van der Waals surface area contributed by atoms with Gasteiger partial charge in [0.05, 0.1) is 22.9 Å². The Morgan fingerprint density at radius 3 is 2.60 bits per heavy atom. The summed E-state index contributed by atoms with van der Waals surface area (Å²) < 4.78 is 19.3. The van der Waals surface area contributed by atoms with Gasteiger partial charge in [-0.05, 0) is 59.9 Å². The zero-order valence-electron chi connectivity index (χ0n) is 19.7. The molecule has 1 atom stereocenters. The summed E-state index contributed by atoms with van der Waals surface area (Å²) in [5.74, 6) is -2.17. The molecule has 0 spiro atoms. The highest BCUT2D eigenvalue weighted by atomic mass is 19.1. The normalized spacial score (nSPS) is 18.1. The van der Waals surface area contributed by atoms with Gasteiger partial charge in [0, 0.05) is 5.56 Å². The highest BCUT2D eigenvalue weighted by Crippen LogP contribution is 2.42. The van der Waals surface area contributed by atoms with E-state index in [1.807, 2.05) is 45.9 Å². The number of hydrogen-bond donors (Lipinski definition) is 2. The number of hydrogen-bond acceptors (Lipinski definition) is 5. The number of nitrogens with one attached hydrogen (secondary N) is 1. The molecule has 2 aromatic heterocycles. The number of H-pyrrole nitrogens is 1. The molecule has 1 amide bonds. The standard InChI is InChI=1S/C27H24FN3O4/c1-14-7-8-15(27(2,3)4)12-17(14)23(32)21-22(20-6-5-11-35-20)31(25(34)24(21)33)26-29-18-10-9-16(28)13-19(18)30-26/h5-13,22,32H,1-4H3,(H,29,30)/b23-21+. The summed E-state index contributed by atoms with van der Waals surface area (Å²) in [6.07, 6.45) is 1.43. The number of aryl methyl sites for hydroxylation is 1. The van der Waals surface area contributed by atoms with Crippen LogP contribution in [-0.2, 0) is 15.0 Å². The minimum absolute atomic E-state index is 0.0494. The Labute approximate surface area is 200 Å². The van der Waals surface area contributed by atoms with Gasteiger partial charge in [-0.3, -0.25) is 14.5 Å². The summed E-state index contributed by atoms with van der Waals surface area (Å²) in [6, 6.07) is 11.9. The Bertz CT molecular complexity index is 1510. The average molecular weight is 474 g/mol. The quantitative estimate of drug-likeness (QED) is 0.232. The second-order valence-electron chi connectivity index (χ2n) is 9.69. The summed E-state index contributed by atoms with van der Waals surface area (Å²) in [5.41, 5.74) is 2.67. The maximum absolute atomic E-state index is 13.7. The smallest absolute Gasteiger partial charge is 0.302 e. The average Bonchev–Trinajstić information content (AvgIpc) is 3.51. The zero-order chi connectivity index (χ0) is 25.1. The minimum atomic E-state index is -1.06. The van der Waals surface area contributed by atoms with Crippen molar-refractivity contribution < 1.29 is 23.5 Å². The van der Waals surface area contributed by atoms with E-state index in [0.29, 0.717) is 16.6 Å². The molecule has 35 heavy (non-hydrogen) atoms. The molecule has 8 heteroatoms. The summed E-state index contributed by atoms with van der Waals surface area (Å²) >= 11 is 0. The van der Waals surface area contributed by atoms with Crippen molar-refractivity contribution in [3.05, 3.63) is 88.6 Å². The molecule has 0 bridgehead atoms. The molecule has 1 aliphatic heterocycles. The zero-order valence-corrected chi connectivity index (χ0v) is 19.7. The number of halogens is 1. The highest BCUT2D eigenvalue weighted by molar-refractivity contribution is 6.51. The number of furan rings is 1. The van der Waals surface area contributed by atoms with Gasteiger partial charge in [-0.2, -0.15) is 0 Å². The lowest BCUT2D eigenvalue weighted by Gasteiger charge is -2.22. The van der Waals surface area contributed by atoms with Crippen molar-refractivity contribution in [1.29, 1.82) is 0 Å². The van der Waals surface area contributed by atoms with Crippen LogP contribution < -0.4 is 4.90 Å². The van der Waals surface area contributed by atoms with Crippen LogP contribution in [0.3, 0.4) is 0 Å². The number of rotatable bonds is 3. The van der Waals surface area contributed by atoms with Crippen LogP contribution in [0.4, 0.5) is 10.3 Å². The van der Waals surface area contributed by atoms with Crippen molar-refractivity contribution in [2.24, 2.45) is 0 Å². The van der Waals surface area contributed by atoms with Crippen LogP contribution >= 0.6 is 0 Å². The van der Waals surface area contributed by atoms with Crippen molar-refractivity contribution in [3.8, 4) is 0 Å². The number of carbonyl (C=O) groups is 2. The maximum atomic E-state index is 13.7. The molecule has 2 aromatic carbocycles. The molecule has 5 rings (SSSR count). The number of ketones is 1. The van der Waals surface area contributed by atoms with Gasteiger partial charge in [-0.1, -0.05) is 32.9 Å². The maximum Gasteiger partial charge on any atom is 0.302 e. The van der Waals surface area contributed by atoms with Crippen LogP contribution in [0.5, 0.6) is 0 Å². The SMILES string of the molecule is Cc1ccc(C(C)(C)C)cc1/C(O)=C1\C(=O)C(=O)N(c2nc3ccc(F)cc3[nH]2)C1c1ccco1. The molecule has 1 fully saturated rings. The van der Waals surface area contributed by atoms with Gasteiger partial charge in [-0.25, -0.2) is 9.37 Å². The summed E-state index contributed by atoms with van der Waals surface area (Å²) in [7, 11) is 0. The van der Waals surface area contributed by atoms with Crippen molar-refractivity contribution in [2.45, 2.75) is 39.2 Å². The fraction of sp³-hybridized carbons (Fsp3) is 0.222. The Kier molecular flexibility index (Phi) is 5.12. The minimum Gasteiger partial charge on any atom is -0.507 e. The van der Waals surface area contributed by atoms with E-state index in [9.17, 15) is 19.1 Å². The lowest BCUT2D eigenvalue weighted by Crippen LogP contribution is -2.30. The van der Waals surface area contributed by atoms with E-state index in [4.69, 9.17) is 4.42 Å². The topological polar surface area (TPSA) is 99.4 Å². The van der Waals surface area contributed by atoms with Gasteiger partial charge in [0.1, 0.15) is 23.4 Å².